The van der Waals surface area contributed by atoms with E-state index in [0.717, 1.165) is 31.1 Å². The Kier molecular flexibility index (Phi) is 2.51. The van der Waals surface area contributed by atoms with Crippen molar-refractivity contribution >= 4 is 17.2 Å². The van der Waals surface area contributed by atoms with E-state index in [1.54, 1.807) is 11.3 Å². The molecule has 0 aromatic carbocycles. The molecule has 0 bridgehead atoms. The number of likely N-dealkylation sites (tertiary alicyclic amines) is 1. The van der Waals surface area contributed by atoms with E-state index in [0.29, 0.717) is 5.91 Å². The molecule has 2 fully saturated rings. The van der Waals surface area contributed by atoms with Gasteiger partial charge in [-0.15, -0.1) is 11.3 Å². The summed E-state index contributed by atoms with van der Waals surface area (Å²) in [5.41, 5.74) is 3.18. The van der Waals surface area contributed by atoms with Crippen LogP contribution in [0.5, 0.6) is 0 Å². The first-order valence-electron chi connectivity index (χ1n) is 6.25. The van der Waals surface area contributed by atoms with Gasteiger partial charge in [0.15, 0.2) is 0 Å². The molecule has 2 heterocycles. The van der Waals surface area contributed by atoms with Gasteiger partial charge in [0.2, 0.25) is 5.91 Å². The summed E-state index contributed by atoms with van der Waals surface area (Å²) < 4.78 is 0. The molecule has 4 heteroatoms. The maximum Gasteiger partial charge on any atom is 0.223 e. The third-order valence-corrected chi connectivity index (χ3v) is 5.12. The van der Waals surface area contributed by atoms with Gasteiger partial charge in [0.05, 0.1) is 17.7 Å². The molecule has 1 unspecified atom stereocenters. The van der Waals surface area contributed by atoms with E-state index >= 15 is 0 Å². The summed E-state index contributed by atoms with van der Waals surface area (Å²) in [7, 11) is 0. The van der Waals surface area contributed by atoms with Crippen molar-refractivity contribution in [3.63, 3.8) is 0 Å². The predicted molar refractivity (Wildman–Crippen MR) is 67.7 cm³/mol. The number of aromatic nitrogens is 1. The van der Waals surface area contributed by atoms with E-state index in [1.807, 2.05) is 17.3 Å². The second-order valence-electron chi connectivity index (χ2n) is 5.72. The van der Waals surface area contributed by atoms with Crippen molar-refractivity contribution < 1.29 is 4.79 Å². The molecule has 17 heavy (non-hydrogen) atoms. The number of aryl methyl sites for hydroxylation is 1. The van der Waals surface area contributed by atoms with Gasteiger partial charge in [-0.3, -0.25) is 4.79 Å². The van der Waals surface area contributed by atoms with Crippen molar-refractivity contribution in [1.29, 1.82) is 0 Å². The zero-order chi connectivity index (χ0) is 12.0. The van der Waals surface area contributed by atoms with E-state index < -0.39 is 0 Å². The summed E-state index contributed by atoms with van der Waals surface area (Å²) in [6.07, 6.45) is 3.38. The first-order chi connectivity index (χ1) is 8.08. The number of amides is 1. The molecule has 92 valence electrons. The minimum atomic E-state index is 0.246. The molecular formula is C13H18N2OS. The standard InChI is InChI=1S/C13H18N2OS/c1-9-11(17-8-14-9)6-15-7-13(2,5-12(15)16)10-3-4-10/h8,10H,3-7H2,1-2H3. The molecule has 1 aliphatic heterocycles. The Morgan fingerprint density at radius 1 is 1.59 bits per heavy atom. The molecule has 3 nitrogen and oxygen atoms in total. The molecule has 2 aliphatic rings. The van der Waals surface area contributed by atoms with E-state index in [2.05, 4.69) is 11.9 Å². The minimum absolute atomic E-state index is 0.246. The summed E-state index contributed by atoms with van der Waals surface area (Å²) >= 11 is 1.66. The first kappa shape index (κ1) is 11.2. The van der Waals surface area contributed by atoms with Crippen molar-refractivity contribution in [3.8, 4) is 0 Å². The zero-order valence-corrected chi connectivity index (χ0v) is 11.2. The van der Waals surface area contributed by atoms with E-state index in [-0.39, 0.29) is 5.41 Å². The average molecular weight is 250 g/mol. The molecule has 1 atom stereocenters. The third-order valence-electron chi connectivity index (χ3n) is 4.20. The van der Waals surface area contributed by atoms with Gasteiger partial charge in [-0.2, -0.15) is 0 Å². The van der Waals surface area contributed by atoms with Gasteiger partial charge in [-0.05, 0) is 31.1 Å². The van der Waals surface area contributed by atoms with Crippen molar-refractivity contribution in [1.82, 2.24) is 9.88 Å². The Balaban J connectivity index is 1.72. The Hall–Kier alpha value is -0.900. The van der Waals surface area contributed by atoms with Crippen molar-refractivity contribution in [2.45, 2.75) is 39.7 Å². The van der Waals surface area contributed by atoms with Crippen LogP contribution in [0.25, 0.3) is 0 Å². The van der Waals surface area contributed by atoms with Gasteiger partial charge in [-0.25, -0.2) is 4.98 Å². The molecule has 1 saturated heterocycles. The van der Waals surface area contributed by atoms with Crippen molar-refractivity contribution in [2.75, 3.05) is 6.54 Å². The topological polar surface area (TPSA) is 33.2 Å². The molecular weight excluding hydrogens is 232 g/mol. The van der Waals surface area contributed by atoms with Crippen LogP contribution >= 0.6 is 11.3 Å². The maximum atomic E-state index is 12.1. The van der Waals surface area contributed by atoms with E-state index in [1.165, 1.54) is 17.7 Å². The molecule has 0 spiro atoms. The van der Waals surface area contributed by atoms with Gasteiger partial charge in [0, 0.05) is 17.8 Å². The molecule has 1 amide bonds. The number of thiazole rings is 1. The molecule has 1 aromatic heterocycles. The lowest BCUT2D eigenvalue weighted by atomic mass is 9.84. The number of hydrogen-bond acceptors (Lipinski definition) is 3. The highest BCUT2D eigenvalue weighted by Gasteiger charge is 2.49. The highest BCUT2D eigenvalue weighted by atomic mass is 32.1. The normalized spacial score (nSPS) is 29.1. The van der Waals surface area contributed by atoms with Crippen LogP contribution in [-0.4, -0.2) is 22.3 Å². The van der Waals surface area contributed by atoms with Gasteiger partial charge in [-0.1, -0.05) is 6.92 Å². The molecule has 1 aliphatic carbocycles. The van der Waals surface area contributed by atoms with Crippen LogP contribution < -0.4 is 0 Å². The summed E-state index contributed by atoms with van der Waals surface area (Å²) in [6, 6.07) is 0. The van der Waals surface area contributed by atoms with E-state index in [9.17, 15) is 4.79 Å². The number of hydrogen-bond donors (Lipinski definition) is 0. The van der Waals surface area contributed by atoms with Gasteiger partial charge in [0.1, 0.15) is 0 Å². The Morgan fingerprint density at radius 3 is 2.94 bits per heavy atom. The summed E-state index contributed by atoms with van der Waals surface area (Å²) in [6.45, 7) is 6.00. The van der Waals surface area contributed by atoms with Gasteiger partial charge >= 0.3 is 0 Å². The van der Waals surface area contributed by atoms with E-state index in [4.69, 9.17) is 0 Å². The number of nitrogens with zero attached hydrogens (tertiary/aromatic N) is 2. The average Bonchev–Trinajstić information content (AvgIpc) is 2.99. The Bertz CT molecular complexity index is 452. The second kappa shape index (κ2) is 3.80. The van der Waals surface area contributed by atoms with Crippen molar-refractivity contribution in [2.24, 2.45) is 11.3 Å². The van der Waals surface area contributed by atoms with Crippen LogP contribution in [0.1, 0.15) is 36.8 Å². The predicted octanol–water partition coefficient (Wildman–Crippen LogP) is 2.60. The molecule has 1 aromatic rings. The Morgan fingerprint density at radius 2 is 2.35 bits per heavy atom. The van der Waals surface area contributed by atoms with Crippen LogP contribution in [0.4, 0.5) is 0 Å². The third kappa shape index (κ3) is 1.99. The summed E-state index contributed by atoms with van der Waals surface area (Å²) in [5.74, 6) is 1.12. The lowest BCUT2D eigenvalue weighted by Gasteiger charge is -2.23. The fraction of sp³-hybridized carbons (Fsp3) is 0.692. The van der Waals surface area contributed by atoms with Crippen LogP contribution in [0.15, 0.2) is 5.51 Å². The zero-order valence-electron chi connectivity index (χ0n) is 10.4. The fourth-order valence-corrected chi connectivity index (χ4v) is 3.68. The number of carbonyl (C=O) groups excluding carboxylic acids is 1. The highest BCUT2D eigenvalue weighted by molar-refractivity contribution is 7.09. The number of rotatable bonds is 3. The minimum Gasteiger partial charge on any atom is -0.337 e. The first-order valence-corrected chi connectivity index (χ1v) is 7.13. The SMILES string of the molecule is Cc1ncsc1CN1CC(C)(C2CC2)CC1=O. The largest absolute Gasteiger partial charge is 0.337 e. The quantitative estimate of drug-likeness (QED) is 0.826. The molecule has 1 saturated carbocycles. The van der Waals surface area contributed by atoms with Crippen LogP contribution in [0.3, 0.4) is 0 Å². The fourth-order valence-electron chi connectivity index (χ4n) is 2.89. The summed E-state index contributed by atoms with van der Waals surface area (Å²) in [4.78, 5) is 19.6. The van der Waals surface area contributed by atoms with Gasteiger partial charge < -0.3 is 4.90 Å². The monoisotopic (exact) mass is 250 g/mol. The van der Waals surface area contributed by atoms with Crippen molar-refractivity contribution in [3.05, 3.63) is 16.1 Å². The Labute approximate surface area is 106 Å². The molecule has 3 rings (SSSR count). The van der Waals surface area contributed by atoms with Gasteiger partial charge in [0.25, 0.3) is 0 Å². The number of carbonyl (C=O) groups is 1. The van der Waals surface area contributed by atoms with Crippen LogP contribution in [0, 0.1) is 18.3 Å². The second-order valence-corrected chi connectivity index (χ2v) is 6.66. The smallest absolute Gasteiger partial charge is 0.223 e. The molecule has 0 N–H and O–H groups in total. The summed E-state index contributed by atoms with van der Waals surface area (Å²) in [5, 5.41) is 0. The highest BCUT2D eigenvalue weighted by Crippen LogP contribution is 2.51. The van der Waals surface area contributed by atoms with Crippen LogP contribution in [0.2, 0.25) is 0 Å². The van der Waals surface area contributed by atoms with Crippen LogP contribution in [-0.2, 0) is 11.3 Å². The lowest BCUT2D eigenvalue weighted by molar-refractivity contribution is -0.128. The lowest BCUT2D eigenvalue weighted by Crippen LogP contribution is -2.27. The molecule has 0 radical (unpaired) electrons. The maximum absolute atomic E-state index is 12.1.